The fourth-order valence-corrected chi connectivity index (χ4v) is 2.76. The number of piperidine rings is 1. The number of carboxylic acids is 1. The van der Waals surface area contributed by atoms with Crippen molar-refractivity contribution in [2.24, 2.45) is 5.92 Å². The lowest BCUT2D eigenvalue weighted by Crippen LogP contribution is -2.44. The van der Waals surface area contributed by atoms with Gasteiger partial charge in [0.25, 0.3) is 5.91 Å². The molecule has 0 radical (unpaired) electrons. The number of aliphatic carboxylic acids is 1. The third-order valence-electron chi connectivity index (χ3n) is 4.08. The topological polar surface area (TPSA) is 76.1 Å². The Kier molecular flexibility index (Phi) is 6.23. The molecule has 1 aromatic rings. The SMILES string of the molecule is C=CCc1ccc(OCC(=O)N2CCC[C@H](C(=O)O)C2)c(OC)c1. The molecule has 0 aliphatic carbocycles. The van der Waals surface area contributed by atoms with Crippen LogP contribution in [0.1, 0.15) is 18.4 Å². The average molecular weight is 333 g/mol. The lowest BCUT2D eigenvalue weighted by Gasteiger charge is -2.30. The zero-order valence-corrected chi connectivity index (χ0v) is 13.9. The summed E-state index contributed by atoms with van der Waals surface area (Å²) >= 11 is 0. The number of hydrogen-bond acceptors (Lipinski definition) is 4. The number of ether oxygens (including phenoxy) is 2. The van der Waals surface area contributed by atoms with E-state index in [-0.39, 0.29) is 19.1 Å². The van der Waals surface area contributed by atoms with Crippen LogP contribution in [0, 0.1) is 5.92 Å². The van der Waals surface area contributed by atoms with Gasteiger partial charge >= 0.3 is 5.97 Å². The van der Waals surface area contributed by atoms with E-state index < -0.39 is 11.9 Å². The Morgan fingerprint density at radius 3 is 2.88 bits per heavy atom. The molecule has 1 saturated heterocycles. The zero-order chi connectivity index (χ0) is 17.5. The molecular formula is C18H23NO5. The minimum atomic E-state index is -0.854. The molecule has 1 aliphatic rings. The molecule has 24 heavy (non-hydrogen) atoms. The molecular weight excluding hydrogens is 310 g/mol. The van der Waals surface area contributed by atoms with Gasteiger partial charge in [0.15, 0.2) is 18.1 Å². The number of carbonyl (C=O) groups is 2. The quantitative estimate of drug-likeness (QED) is 0.774. The maximum atomic E-state index is 12.3. The minimum Gasteiger partial charge on any atom is -0.493 e. The molecule has 1 atom stereocenters. The molecule has 1 aromatic carbocycles. The molecule has 6 nitrogen and oxygen atoms in total. The Morgan fingerprint density at radius 1 is 1.42 bits per heavy atom. The van der Waals surface area contributed by atoms with Gasteiger partial charge in [-0.1, -0.05) is 12.1 Å². The predicted octanol–water partition coefficient (Wildman–Crippen LogP) is 2.13. The number of benzene rings is 1. The van der Waals surface area contributed by atoms with Crippen LogP contribution in [0.2, 0.25) is 0 Å². The van der Waals surface area contributed by atoms with Crippen LogP contribution in [0.25, 0.3) is 0 Å². The van der Waals surface area contributed by atoms with Gasteiger partial charge in [-0.15, -0.1) is 6.58 Å². The van der Waals surface area contributed by atoms with Crippen LogP contribution in [0.3, 0.4) is 0 Å². The van der Waals surface area contributed by atoms with Crippen molar-refractivity contribution in [2.75, 3.05) is 26.8 Å². The highest BCUT2D eigenvalue weighted by Crippen LogP contribution is 2.28. The average Bonchev–Trinajstić information content (AvgIpc) is 2.60. The van der Waals surface area contributed by atoms with Crippen molar-refractivity contribution in [1.29, 1.82) is 0 Å². The van der Waals surface area contributed by atoms with Gasteiger partial charge in [0.05, 0.1) is 13.0 Å². The summed E-state index contributed by atoms with van der Waals surface area (Å²) in [5.74, 6) is -0.504. The number of allylic oxidation sites excluding steroid dienone is 1. The second-order valence-electron chi connectivity index (χ2n) is 5.78. The van der Waals surface area contributed by atoms with E-state index in [0.29, 0.717) is 30.9 Å². The van der Waals surface area contributed by atoms with E-state index in [0.717, 1.165) is 12.0 Å². The van der Waals surface area contributed by atoms with Crippen LogP contribution in [0.5, 0.6) is 11.5 Å². The van der Waals surface area contributed by atoms with E-state index in [2.05, 4.69) is 6.58 Å². The molecule has 0 unspecified atom stereocenters. The van der Waals surface area contributed by atoms with E-state index >= 15 is 0 Å². The number of amides is 1. The summed E-state index contributed by atoms with van der Waals surface area (Å²) in [6.45, 7) is 4.38. The van der Waals surface area contributed by atoms with Gasteiger partial charge in [-0.2, -0.15) is 0 Å². The number of likely N-dealkylation sites (tertiary alicyclic amines) is 1. The van der Waals surface area contributed by atoms with E-state index in [4.69, 9.17) is 14.6 Å². The van der Waals surface area contributed by atoms with Crippen LogP contribution in [0.15, 0.2) is 30.9 Å². The normalized spacial score (nSPS) is 17.2. The number of nitrogens with zero attached hydrogens (tertiary/aromatic N) is 1. The molecule has 2 rings (SSSR count). The van der Waals surface area contributed by atoms with Gasteiger partial charge in [-0.05, 0) is 37.0 Å². The van der Waals surface area contributed by atoms with Gasteiger partial charge in [-0.3, -0.25) is 9.59 Å². The predicted molar refractivity (Wildman–Crippen MR) is 89.3 cm³/mol. The van der Waals surface area contributed by atoms with Crippen molar-refractivity contribution in [3.63, 3.8) is 0 Å². The van der Waals surface area contributed by atoms with Gasteiger partial charge in [0.2, 0.25) is 0 Å². The Hall–Kier alpha value is -2.50. The third kappa shape index (κ3) is 4.50. The van der Waals surface area contributed by atoms with E-state index in [1.54, 1.807) is 24.2 Å². The largest absolute Gasteiger partial charge is 0.493 e. The maximum Gasteiger partial charge on any atom is 0.308 e. The number of carbonyl (C=O) groups excluding carboxylic acids is 1. The fourth-order valence-electron chi connectivity index (χ4n) is 2.76. The Labute approximate surface area is 141 Å². The first-order valence-corrected chi connectivity index (χ1v) is 7.96. The minimum absolute atomic E-state index is 0.135. The standard InChI is InChI=1S/C18H23NO5/c1-3-5-13-7-8-15(16(10-13)23-2)24-12-17(20)19-9-4-6-14(11-19)18(21)22/h3,7-8,10,14H,1,4-6,9,11-12H2,2H3,(H,21,22)/t14-/m0/s1. The van der Waals surface area contributed by atoms with Crippen molar-refractivity contribution in [1.82, 2.24) is 4.90 Å². The number of methoxy groups -OCH3 is 1. The Balaban J connectivity index is 1.96. The van der Waals surface area contributed by atoms with E-state index in [1.807, 2.05) is 12.1 Å². The molecule has 1 N–H and O–H groups in total. The molecule has 6 heteroatoms. The van der Waals surface area contributed by atoms with Gasteiger partial charge < -0.3 is 19.5 Å². The smallest absolute Gasteiger partial charge is 0.308 e. The molecule has 0 aromatic heterocycles. The van der Waals surface area contributed by atoms with Crippen LogP contribution >= 0.6 is 0 Å². The lowest BCUT2D eigenvalue weighted by atomic mass is 9.98. The molecule has 0 bridgehead atoms. The molecule has 0 saturated carbocycles. The highest BCUT2D eigenvalue weighted by molar-refractivity contribution is 5.79. The van der Waals surface area contributed by atoms with Crippen molar-refractivity contribution in [2.45, 2.75) is 19.3 Å². The molecule has 1 amide bonds. The summed E-state index contributed by atoms with van der Waals surface area (Å²) in [5.41, 5.74) is 1.04. The summed E-state index contributed by atoms with van der Waals surface area (Å²) in [6.07, 6.45) is 3.83. The van der Waals surface area contributed by atoms with Crippen molar-refractivity contribution in [3.8, 4) is 11.5 Å². The summed E-state index contributed by atoms with van der Waals surface area (Å²) in [4.78, 5) is 24.9. The van der Waals surface area contributed by atoms with Crippen LogP contribution in [-0.4, -0.2) is 48.7 Å². The zero-order valence-electron chi connectivity index (χ0n) is 13.9. The molecule has 1 aliphatic heterocycles. The first-order valence-electron chi connectivity index (χ1n) is 7.96. The van der Waals surface area contributed by atoms with Crippen LogP contribution in [-0.2, 0) is 16.0 Å². The first-order chi connectivity index (χ1) is 11.5. The number of hydrogen-bond donors (Lipinski definition) is 1. The van der Waals surface area contributed by atoms with Crippen molar-refractivity contribution in [3.05, 3.63) is 36.4 Å². The summed E-state index contributed by atoms with van der Waals surface area (Å²) in [5, 5.41) is 9.09. The number of carboxylic acid groups (broad SMARTS) is 1. The highest BCUT2D eigenvalue weighted by atomic mass is 16.5. The van der Waals surface area contributed by atoms with Gasteiger partial charge in [-0.25, -0.2) is 0 Å². The van der Waals surface area contributed by atoms with Crippen molar-refractivity contribution < 1.29 is 24.2 Å². The summed E-state index contributed by atoms with van der Waals surface area (Å²) in [6, 6.07) is 5.51. The number of rotatable bonds is 7. The molecule has 0 spiro atoms. The second-order valence-corrected chi connectivity index (χ2v) is 5.78. The first kappa shape index (κ1) is 17.8. The summed E-state index contributed by atoms with van der Waals surface area (Å²) < 4.78 is 10.9. The second kappa shape index (κ2) is 8.38. The van der Waals surface area contributed by atoms with Crippen LogP contribution < -0.4 is 9.47 Å². The van der Waals surface area contributed by atoms with Gasteiger partial charge in [0.1, 0.15) is 0 Å². The fraction of sp³-hybridized carbons (Fsp3) is 0.444. The monoisotopic (exact) mass is 333 g/mol. The third-order valence-corrected chi connectivity index (χ3v) is 4.08. The Bertz CT molecular complexity index is 613. The van der Waals surface area contributed by atoms with E-state index in [1.165, 1.54) is 0 Å². The van der Waals surface area contributed by atoms with Crippen LogP contribution in [0.4, 0.5) is 0 Å². The van der Waals surface area contributed by atoms with Gasteiger partial charge in [0, 0.05) is 13.1 Å². The lowest BCUT2D eigenvalue weighted by molar-refractivity contribution is -0.146. The Morgan fingerprint density at radius 2 is 2.21 bits per heavy atom. The van der Waals surface area contributed by atoms with Crippen molar-refractivity contribution >= 4 is 11.9 Å². The maximum absolute atomic E-state index is 12.3. The van der Waals surface area contributed by atoms with E-state index in [9.17, 15) is 9.59 Å². The highest BCUT2D eigenvalue weighted by Gasteiger charge is 2.28. The molecule has 1 fully saturated rings. The molecule has 1 heterocycles. The molecule has 130 valence electrons. The summed E-state index contributed by atoms with van der Waals surface area (Å²) in [7, 11) is 1.55.